The number of pyridine rings is 1. The molecule has 2 aromatic heterocycles. The van der Waals surface area contributed by atoms with Gasteiger partial charge in [-0.1, -0.05) is 35.5 Å². The number of amides is 1. The van der Waals surface area contributed by atoms with E-state index in [1.807, 2.05) is 41.1 Å². The SMILES string of the molecule is O=C(Cc1ccc(N2CCC(NCCCn3nnc4ccccc43)CC2)cc1)NCc1ccccn1. The first-order valence-corrected chi connectivity index (χ1v) is 12.8. The van der Waals surface area contributed by atoms with Gasteiger partial charge in [0.2, 0.25) is 5.91 Å². The van der Waals surface area contributed by atoms with Gasteiger partial charge in [-0.25, -0.2) is 4.68 Å². The van der Waals surface area contributed by atoms with E-state index in [9.17, 15) is 4.79 Å². The maximum atomic E-state index is 12.3. The highest BCUT2D eigenvalue weighted by molar-refractivity contribution is 5.78. The number of para-hydroxylation sites is 1. The Morgan fingerprint density at radius 1 is 0.972 bits per heavy atom. The molecule has 1 amide bonds. The summed E-state index contributed by atoms with van der Waals surface area (Å²) in [4.78, 5) is 18.9. The summed E-state index contributed by atoms with van der Waals surface area (Å²) in [6.07, 6.45) is 5.41. The summed E-state index contributed by atoms with van der Waals surface area (Å²) in [6, 6.07) is 22.8. The minimum atomic E-state index is 0.0114. The number of carbonyl (C=O) groups excluding carboxylic acids is 1. The summed E-state index contributed by atoms with van der Waals surface area (Å²) < 4.78 is 1.99. The highest BCUT2D eigenvalue weighted by atomic mass is 16.1. The number of carbonyl (C=O) groups is 1. The average Bonchev–Trinajstić information content (AvgIpc) is 3.34. The molecule has 2 aromatic carbocycles. The third-order valence-electron chi connectivity index (χ3n) is 6.75. The molecule has 1 aliphatic rings. The Labute approximate surface area is 211 Å². The third-order valence-corrected chi connectivity index (χ3v) is 6.75. The summed E-state index contributed by atoms with van der Waals surface area (Å²) in [7, 11) is 0. The highest BCUT2D eigenvalue weighted by Crippen LogP contribution is 2.21. The number of anilines is 1. The summed E-state index contributed by atoms with van der Waals surface area (Å²) in [5.74, 6) is 0.0114. The van der Waals surface area contributed by atoms with Crippen molar-refractivity contribution in [3.63, 3.8) is 0 Å². The predicted octanol–water partition coefficient (Wildman–Crippen LogP) is 3.33. The molecule has 1 fully saturated rings. The summed E-state index contributed by atoms with van der Waals surface area (Å²) in [5, 5.41) is 15.2. The molecule has 0 saturated carbocycles. The van der Waals surface area contributed by atoms with Gasteiger partial charge in [-0.05, 0) is 67.8 Å². The van der Waals surface area contributed by atoms with Crippen LogP contribution in [-0.4, -0.2) is 51.6 Å². The summed E-state index contributed by atoms with van der Waals surface area (Å²) in [5.41, 5.74) is 5.16. The van der Waals surface area contributed by atoms with Crippen molar-refractivity contribution in [1.82, 2.24) is 30.6 Å². The quantitative estimate of drug-likeness (QED) is 0.337. The van der Waals surface area contributed by atoms with E-state index in [1.54, 1.807) is 6.20 Å². The maximum absolute atomic E-state index is 12.3. The lowest BCUT2D eigenvalue weighted by Crippen LogP contribution is -2.43. The van der Waals surface area contributed by atoms with Crippen molar-refractivity contribution >= 4 is 22.6 Å². The minimum absolute atomic E-state index is 0.0114. The van der Waals surface area contributed by atoms with Crippen LogP contribution in [0.2, 0.25) is 0 Å². The van der Waals surface area contributed by atoms with Gasteiger partial charge in [0.15, 0.2) is 0 Å². The number of aryl methyl sites for hydroxylation is 1. The Balaban J connectivity index is 1.00. The van der Waals surface area contributed by atoms with Crippen LogP contribution in [0.4, 0.5) is 5.69 Å². The Morgan fingerprint density at radius 3 is 2.58 bits per heavy atom. The number of piperidine rings is 1. The van der Waals surface area contributed by atoms with Crippen molar-refractivity contribution in [1.29, 1.82) is 0 Å². The summed E-state index contributed by atoms with van der Waals surface area (Å²) in [6.45, 7) is 4.39. The van der Waals surface area contributed by atoms with Crippen LogP contribution in [0.15, 0.2) is 72.9 Å². The van der Waals surface area contributed by atoms with Crippen LogP contribution >= 0.6 is 0 Å². The second kappa shape index (κ2) is 11.8. The Hall–Kier alpha value is -3.78. The van der Waals surface area contributed by atoms with Crippen LogP contribution in [0.3, 0.4) is 0 Å². The molecule has 0 radical (unpaired) electrons. The van der Waals surface area contributed by atoms with Crippen molar-refractivity contribution < 1.29 is 4.79 Å². The number of fused-ring (bicyclic) bond motifs is 1. The molecule has 0 aliphatic carbocycles. The van der Waals surface area contributed by atoms with Gasteiger partial charge in [-0.3, -0.25) is 9.78 Å². The van der Waals surface area contributed by atoms with Crippen LogP contribution in [0.1, 0.15) is 30.5 Å². The fourth-order valence-electron chi connectivity index (χ4n) is 4.72. The number of aromatic nitrogens is 4. The third kappa shape index (κ3) is 6.26. The van der Waals surface area contributed by atoms with Crippen molar-refractivity contribution in [2.24, 2.45) is 0 Å². The van der Waals surface area contributed by atoms with Crippen LogP contribution < -0.4 is 15.5 Å². The molecule has 0 unspecified atom stereocenters. The van der Waals surface area contributed by atoms with Gasteiger partial charge in [0.1, 0.15) is 5.52 Å². The fraction of sp³-hybridized carbons (Fsp3) is 0.357. The van der Waals surface area contributed by atoms with Crippen LogP contribution in [-0.2, 0) is 24.3 Å². The number of nitrogens with one attached hydrogen (secondary N) is 2. The average molecular weight is 484 g/mol. The number of rotatable bonds is 10. The van der Waals surface area contributed by atoms with Gasteiger partial charge >= 0.3 is 0 Å². The van der Waals surface area contributed by atoms with E-state index < -0.39 is 0 Å². The van der Waals surface area contributed by atoms with E-state index in [-0.39, 0.29) is 5.91 Å². The van der Waals surface area contributed by atoms with Gasteiger partial charge in [-0.2, -0.15) is 0 Å². The smallest absolute Gasteiger partial charge is 0.224 e. The van der Waals surface area contributed by atoms with Gasteiger partial charge in [0.25, 0.3) is 0 Å². The van der Waals surface area contributed by atoms with Crippen LogP contribution in [0.5, 0.6) is 0 Å². The molecule has 0 atom stereocenters. The van der Waals surface area contributed by atoms with E-state index in [0.717, 1.165) is 67.7 Å². The number of hydrogen-bond donors (Lipinski definition) is 2. The lowest BCUT2D eigenvalue weighted by Gasteiger charge is -2.34. The molecular weight excluding hydrogens is 450 g/mol. The van der Waals surface area contributed by atoms with Gasteiger partial charge in [0, 0.05) is 37.6 Å². The van der Waals surface area contributed by atoms with Gasteiger partial charge in [-0.15, -0.1) is 5.10 Å². The predicted molar refractivity (Wildman–Crippen MR) is 142 cm³/mol. The number of nitrogens with zero attached hydrogens (tertiary/aromatic N) is 5. The van der Waals surface area contributed by atoms with Crippen LogP contribution in [0, 0.1) is 0 Å². The monoisotopic (exact) mass is 483 g/mol. The fourth-order valence-corrected chi connectivity index (χ4v) is 4.72. The van der Waals surface area contributed by atoms with Gasteiger partial charge < -0.3 is 15.5 Å². The lowest BCUT2D eigenvalue weighted by atomic mass is 10.0. The highest BCUT2D eigenvalue weighted by Gasteiger charge is 2.19. The molecule has 1 saturated heterocycles. The normalized spacial score (nSPS) is 14.3. The Morgan fingerprint density at radius 2 is 1.78 bits per heavy atom. The Kier molecular flexibility index (Phi) is 7.83. The molecule has 1 aliphatic heterocycles. The molecule has 186 valence electrons. The van der Waals surface area contributed by atoms with Crippen molar-refractivity contribution in [3.05, 3.63) is 84.2 Å². The minimum Gasteiger partial charge on any atom is -0.371 e. The molecule has 0 spiro atoms. The van der Waals surface area contributed by atoms with E-state index in [0.29, 0.717) is 19.0 Å². The topological polar surface area (TPSA) is 88.0 Å². The molecule has 2 N–H and O–H groups in total. The van der Waals surface area contributed by atoms with Crippen molar-refractivity contribution in [3.8, 4) is 0 Å². The summed E-state index contributed by atoms with van der Waals surface area (Å²) >= 11 is 0. The second-order valence-electron chi connectivity index (χ2n) is 9.31. The molecular formula is C28H33N7O. The van der Waals surface area contributed by atoms with E-state index in [2.05, 4.69) is 61.2 Å². The van der Waals surface area contributed by atoms with E-state index in [1.165, 1.54) is 5.69 Å². The zero-order valence-electron chi connectivity index (χ0n) is 20.5. The molecule has 5 rings (SSSR count). The van der Waals surface area contributed by atoms with Crippen LogP contribution in [0.25, 0.3) is 11.0 Å². The first-order chi connectivity index (χ1) is 17.7. The molecule has 0 bridgehead atoms. The molecule has 8 heteroatoms. The van der Waals surface area contributed by atoms with Crippen molar-refractivity contribution in [2.75, 3.05) is 24.5 Å². The second-order valence-corrected chi connectivity index (χ2v) is 9.31. The van der Waals surface area contributed by atoms with Crippen molar-refractivity contribution in [2.45, 2.75) is 44.8 Å². The Bertz CT molecular complexity index is 1250. The largest absolute Gasteiger partial charge is 0.371 e. The first kappa shape index (κ1) is 23.9. The number of hydrogen-bond acceptors (Lipinski definition) is 6. The zero-order valence-corrected chi connectivity index (χ0v) is 20.5. The maximum Gasteiger partial charge on any atom is 0.224 e. The number of benzene rings is 2. The first-order valence-electron chi connectivity index (χ1n) is 12.8. The van der Waals surface area contributed by atoms with E-state index >= 15 is 0 Å². The molecule has 36 heavy (non-hydrogen) atoms. The molecule has 3 heterocycles. The zero-order chi connectivity index (χ0) is 24.6. The molecule has 4 aromatic rings. The standard InChI is InChI=1S/C28H33N7O/c36-28(31-21-24-6-3-4-15-30-24)20-22-9-11-25(12-10-22)34-18-13-23(14-19-34)29-16-5-17-35-27-8-2-1-7-26(27)32-33-35/h1-4,6-12,15,23,29H,5,13-14,16-21H2,(H,31,36). The van der Waals surface area contributed by atoms with Gasteiger partial charge in [0.05, 0.1) is 24.2 Å². The van der Waals surface area contributed by atoms with E-state index in [4.69, 9.17) is 0 Å². The molecule has 8 nitrogen and oxygen atoms in total. The lowest BCUT2D eigenvalue weighted by molar-refractivity contribution is -0.120.